The molecule has 0 saturated carbocycles. The Kier molecular flexibility index (Phi) is 7.88. The minimum absolute atomic E-state index is 1.19. The van der Waals surface area contributed by atoms with Gasteiger partial charge in [0.15, 0.2) is 0 Å². The fraction of sp³-hybridized carbons (Fsp3) is 0.125. The second kappa shape index (κ2) is 12.5. The fourth-order valence-electron chi connectivity index (χ4n) is 8.00. The van der Waals surface area contributed by atoms with Crippen LogP contribution in [0.2, 0.25) is 0 Å². The third kappa shape index (κ3) is 5.47. The molecule has 2 nitrogen and oxygen atoms in total. The third-order valence-electron chi connectivity index (χ3n) is 10.2. The molecule has 0 spiro atoms. The highest BCUT2D eigenvalue weighted by atomic mass is 15.1. The Morgan fingerprint density at radius 2 is 0.760 bits per heavy atom. The minimum Gasteiger partial charge on any atom is -0.323 e. The highest BCUT2D eigenvalue weighted by Crippen LogP contribution is 2.43. The molecule has 0 amide bonds. The predicted octanol–water partition coefficient (Wildman–Crippen LogP) is 12.9. The first-order valence-electron chi connectivity index (χ1n) is 17.5. The van der Waals surface area contributed by atoms with Crippen molar-refractivity contribution in [1.29, 1.82) is 0 Å². The molecule has 0 atom stereocenters. The fourth-order valence-corrected chi connectivity index (χ4v) is 8.00. The largest absolute Gasteiger partial charge is 0.323 e. The first kappa shape index (κ1) is 31.4. The van der Waals surface area contributed by atoms with Crippen LogP contribution in [0.1, 0.15) is 33.4 Å². The molecule has 0 aliphatic carbocycles. The van der Waals surface area contributed by atoms with E-state index in [1.165, 1.54) is 99.7 Å². The average Bonchev–Trinajstić information content (AvgIpc) is 3.11. The summed E-state index contributed by atoms with van der Waals surface area (Å²) >= 11 is 0. The van der Waals surface area contributed by atoms with Crippen LogP contribution in [-0.4, -0.2) is 0 Å². The number of rotatable bonds is 4. The Morgan fingerprint density at radius 1 is 0.380 bits per heavy atom. The maximum atomic E-state index is 2.34. The Balaban J connectivity index is 1.14. The van der Waals surface area contributed by atoms with E-state index in [2.05, 4.69) is 198 Å². The van der Waals surface area contributed by atoms with Crippen LogP contribution >= 0.6 is 0 Å². The van der Waals surface area contributed by atoms with E-state index >= 15 is 0 Å². The summed E-state index contributed by atoms with van der Waals surface area (Å²) < 4.78 is 0. The van der Waals surface area contributed by atoms with Crippen molar-refractivity contribution < 1.29 is 0 Å². The van der Waals surface area contributed by atoms with Gasteiger partial charge in [-0.2, -0.15) is 0 Å². The van der Waals surface area contributed by atoms with Crippen LogP contribution in [0.5, 0.6) is 0 Å². The second-order valence-electron chi connectivity index (χ2n) is 13.9. The van der Waals surface area contributed by atoms with Gasteiger partial charge in [-0.05, 0) is 144 Å². The molecule has 2 aliphatic rings. The van der Waals surface area contributed by atoms with Crippen molar-refractivity contribution in [3.05, 3.63) is 191 Å². The number of allylic oxidation sites excluding steroid dienone is 6. The number of aryl methyl sites for hydroxylation is 6. The number of anilines is 2. The van der Waals surface area contributed by atoms with E-state index in [0.717, 1.165) is 0 Å². The van der Waals surface area contributed by atoms with Crippen LogP contribution in [0.3, 0.4) is 0 Å². The summed E-state index contributed by atoms with van der Waals surface area (Å²) in [6.07, 6.45) is 17.8. The molecule has 2 heteroatoms. The highest BCUT2D eigenvalue weighted by Gasteiger charge is 2.21. The molecule has 50 heavy (non-hydrogen) atoms. The summed E-state index contributed by atoms with van der Waals surface area (Å²) in [5.74, 6) is 0. The minimum atomic E-state index is 1.19. The SMILES string of the molecule is Cc1cc(C)c(N2C=CC(=C3C=CN(c4c(C)cc(C)cc4-c4c(C)ccc5ccccc45)C=C3)C=C2)c(-c2c(C)ccc3ccccc23)c1. The number of nitrogens with zero attached hydrogens (tertiary/aromatic N) is 2. The zero-order valence-corrected chi connectivity index (χ0v) is 29.8. The first-order chi connectivity index (χ1) is 24.3. The third-order valence-corrected chi connectivity index (χ3v) is 10.2. The maximum absolute atomic E-state index is 2.34. The Labute approximate surface area is 296 Å². The Bertz CT molecular complexity index is 2290. The Hall–Kier alpha value is -5.86. The van der Waals surface area contributed by atoms with Gasteiger partial charge in [0.25, 0.3) is 0 Å². The van der Waals surface area contributed by atoms with Crippen molar-refractivity contribution in [2.75, 3.05) is 9.80 Å². The summed E-state index contributed by atoms with van der Waals surface area (Å²) in [6.45, 7) is 13.3. The van der Waals surface area contributed by atoms with E-state index in [-0.39, 0.29) is 0 Å². The van der Waals surface area contributed by atoms with Crippen LogP contribution in [-0.2, 0) is 0 Å². The molecule has 0 radical (unpaired) electrons. The smallest absolute Gasteiger partial charge is 0.0557 e. The van der Waals surface area contributed by atoms with Crippen molar-refractivity contribution in [2.24, 2.45) is 0 Å². The zero-order chi connectivity index (χ0) is 34.5. The van der Waals surface area contributed by atoms with Gasteiger partial charge < -0.3 is 9.80 Å². The van der Waals surface area contributed by atoms with Crippen LogP contribution in [0.15, 0.2) is 157 Å². The molecule has 0 unspecified atom stereocenters. The van der Waals surface area contributed by atoms with E-state index in [9.17, 15) is 0 Å². The summed E-state index contributed by atoms with van der Waals surface area (Å²) in [7, 11) is 0. The van der Waals surface area contributed by atoms with Crippen LogP contribution < -0.4 is 9.80 Å². The van der Waals surface area contributed by atoms with Crippen molar-refractivity contribution in [2.45, 2.75) is 41.5 Å². The number of benzene rings is 6. The summed E-state index contributed by atoms with van der Waals surface area (Å²) in [4.78, 5) is 4.57. The van der Waals surface area contributed by atoms with Gasteiger partial charge in [-0.25, -0.2) is 0 Å². The summed E-state index contributed by atoms with van der Waals surface area (Å²) in [6, 6.07) is 35.7. The Morgan fingerprint density at radius 3 is 1.16 bits per heavy atom. The second-order valence-corrected chi connectivity index (χ2v) is 13.9. The van der Waals surface area contributed by atoms with E-state index in [1.807, 2.05) is 0 Å². The molecule has 6 aromatic rings. The van der Waals surface area contributed by atoms with Crippen molar-refractivity contribution in [1.82, 2.24) is 0 Å². The van der Waals surface area contributed by atoms with Gasteiger partial charge in [-0.15, -0.1) is 0 Å². The number of fused-ring (bicyclic) bond motifs is 2. The van der Waals surface area contributed by atoms with E-state index in [4.69, 9.17) is 0 Å². The quantitative estimate of drug-likeness (QED) is 0.188. The van der Waals surface area contributed by atoms with Crippen molar-refractivity contribution >= 4 is 32.9 Å². The summed E-state index contributed by atoms with van der Waals surface area (Å²) in [5.41, 5.74) is 17.6. The van der Waals surface area contributed by atoms with E-state index < -0.39 is 0 Å². The lowest BCUT2D eigenvalue weighted by molar-refractivity contribution is 1.19. The van der Waals surface area contributed by atoms with Gasteiger partial charge in [0, 0.05) is 35.9 Å². The predicted molar refractivity (Wildman–Crippen MR) is 216 cm³/mol. The topological polar surface area (TPSA) is 6.48 Å². The molecule has 2 aliphatic heterocycles. The average molecular weight is 647 g/mol. The number of hydrogen-bond acceptors (Lipinski definition) is 2. The van der Waals surface area contributed by atoms with E-state index in [0.29, 0.717) is 0 Å². The normalized spacial score (nSPS) is 14.1. The van der Waals surface area contributed by atoms with Crippen molar-refractivity contribution in [3.8, 4) is 22.3 Å². The lowest BCUT2D eigenvalue weighted by atomic mass is 9.90. The number of hydrogen-bond donors (Lipinski definition) is 0. The molecule has 0 aromatic heterocycles. The monoisotopic (exact) mass is 646 g/mol. The molecule has 6 aromatic carbocycles. The molecular weight excluding hydrogens is 605 g/mol. The van der Waals surface area contributed by atoms with Gasteiger partial charge in [0.1, 0.15) is 0 Å². The lowest BCUT2D eigenvalue weighted by Gasteiger charge is -2.28. The molecule has 0 N–H and O–H groups in total. The molecule has 244 valence electrons. The summed E-state index contributed by atoms with van der Waals surface area (Å²) in [5, 5.41) is 5.10. The van der Waals surface area contributed by atoms with Crippen LogP contribution in [0.4, 0.5) is 11.4 Å². The zero-order valence-electron chi connectivity index (χ0n) is 29.8. The molecule has 0 saturated heterocycles. The molecule has 0 bridgehead atoms. The first-order valence-corrected chi connectivity index (χ1v) is 17.5. The van der Waals surface area contributed by atoms with Gasteiger partial charge in [-0.3, -0.25) is 0 Å². The van der Waals surface area contributed by atoms with Gasteiger partial charge >= 0.3 is 0 Å². The van der Waals surface area contributed by atoms with Crippen LogP contribution in [0, 0.1) is 41.5 Å². The van der Waals surface area contributed by atoms with Gasteiger partial charge in [-0.1, -0.05) is 96.1 Å². The molecule has 0 fully saturated rings. The molecule has 8 rings (SSSR count). The van der Waals surface area contributed by atoms with E-state index in [1.54, 1.807) is 0 Å². The lowest BCUT2D eigenvalue weighted by Crippen LogP contribution is -2.15. The molecular formula is C48H42N2. The van der Waals surface area contributed by atoms with Crippen molar-refractivity contribution in [3.63, 3.8) is 0 Å². The standard InChI is InChI=1S/C48H42N2/c1-31-27-35(5)47(43(29-31)45-33(3)15-17-39-11-7-9-13-41(39)45)49-23-19-37(20-24-49)38-21-25-50(26-22-38)48-36(6)28-32(2)30-44(48)46-34(4)16-18-40-12-8-10-14-42(40)46/h7-30H,1-6H3. The van der Waals surface area contributed by atoms with Gasteiger partial charge in [0.2, 0.25) is 0 Å². The maximum Gasteiger partial charge on any atom is 0.0557 e. The van der Waals surface area contributed by atoms with Crippen LogP contribution in [0.25, 0.3) is 43.8 Å². The molecule has 2 heterocycles. The van der Waals surface area contributed by atoms with Gasteiger partial charge in [0.05, 0.1) is 11.4 Å². The highest BCUT2D eigenvalue weighted by molar-refractivity contribution is 6.03.